The van der Waals surface area contributed by atoms with Gasteiger partial charge in [-0.3, -0.25) is 0 Å². The first-order valence-corrected chi connectivity index (χ1v) is 10.0. The summed E-state index contributed by atoms with van der Waals surface area (Å²) >= 11 is 0. The molecule has 1 aliphatic heterocycles. The van der Waals surface area contributed by atoms with E-state index < -0.39 is 0 Å². The first-order valence-electron chi connectivity index (χ1n) is 10.0. The molecule has 0 N–H and O–H groups in total. The van der Waals surface area contributed by atoms with Gasteiger partial charge in [-0.15, -0.1) is 12.4 Å². The summed E-state index contributed by atoms with van der Waals surface area (Å²) < 4.78 is 2.60. The van der Waals surface area contributed by atoms with E-state index in [2.05, 4.69) is 53.6 Å². The first-order chi connectivity index (χ1) is 12.8. The van der Waals surface area contributed by atoms with Crippen molar-refractivity contribution in [2.24, 2.45) is 5.92 Å². The third-order valence-corrected chi connectivity index (χ3v) is 6.24. The molecule has 3 heterocycles. The van der Waals surface area contributed by atoms with Crippen molar-refractivity contribution < 1.29 is 0 Å². The molecule has 1 fully saturated rings. The van der Waals surface area contributed by atoms with Gasteiger partial charge in [0, 0.05) is 36.9 Å². The minimum absolute atomic E-state index is 0. The lowest BCUT2D eigenvalue weighted by Gasteiger charge is -2.30. The molecule has 3 aromatic rings. The van der Waals surface area contributed by atoms with E-state index in [9.17, 15) is 0 Å². The Hall–Kier alpha value is -2.00. The Morgan fingerprint density at radius 2 is 1.89 bits per heavy atom. The van der Waals surface area contributed by atoms with Crippen molar-refractivity contribution in [3.8, 4) is 0 Å². The fourth-order valence-electron chi connectivity index (χ4n) is 4.63. The average Bonchev–Trinajstić information content (AvgIpc) is 3.46. The SMILES string of the molecule is CCc1c(C)c2ccnc(N3CCc4ccccc4C3)c2n1CC1CC1.Cl. The molecule has 3 nitrogen and oxygen atoms in total. The largest absolute Gasteiger partial charge is 0.350 e. The summed E-state index contributed by atoms with van der Waals surface area (Å²) in [6.45, 7) is 7.76. The number of nitrogens with zero attached hydrogens (tertiary/aromatic N) is 3. The summed E-state index contributed by atoms with van der Waals surface area (Å²) in [6.07, 6.45) is 6.97. The number of fused-ring (bicyclic) bond motifs is 2. The molecule has 142 valence electrons. The molecule has 4 heteroatoms. The second-order valence-electron chi connectivity index (χ2n) is 7.95. The van der Waals surface area contributed by atoms with Gasteiger partial charge in [-0.1, -0.05) is 31.2 Å². The molecule has 0 radical (unpaired) electrons. The van der Waals surface area contributed by atoms with Crippen molar-refractivity contribution in [1.29, 1.82) is 0 Å². The molecule has 0 bridgehead atoms. The van der Waals surface area contributed by atoms with Gasteiger partial charge in [-0.25, -0.2) is 4.98 Å². The van der Waals surface area contributed by atoms with Crippen LogP contribution in [-0.2, 0) is 25.9 Å². The predicted octanol–water partition coefficient (Wildman–Crippen LogP) is 5.30. The van der Waals surface area contributed by atoms with Gasteiger partial charge in [-0.2, -0.15) is 0 Å². The van der Waals surface area contributed by atoms with E-state index in [1.54, 1.807) is 0 Å². The zero-order valence-electron chi connectivity index (χ0n) is 16.2. The van der Waals surface area contributed by atoms with Crippen LogP contribution in [0.5, 0.6) is 0 Å². The maximum Gasteiger partial charge on any atom is 0.153 e. The summed E-state index contributed by atoms with van der Waals surface area (Å²) in [5.74, 6) is 2.05. The standard InChI is InChI=1S/C23H27N3.ClH/c1-3-21-16(2)20-10-12-24-23(22(20)26(21)14-17-8-9-17)25-13-11-18-6-4-5-7-19(18)15-25;/h4-7,10,12,17H,3,8-9,11,13-15H2,1-2H3;1H. The van der Waals surface area contributed by atoms with E-state index >= 15 is 0 Å². The fourth-order valence-corrected chi connectivity index (χ4v) is 4.63. The minimum atomic E-state index is 0. The Kier molecular flexibility index (Phi) is 4.90. The second-order valence-corrected chi connectivity index (χ2v) is 7.95. The van der Waals surface area contributed by atoms with E-state index in [1.165, 1.54) is 51.9 Å². The second kappa shape index (κ2) is 7.20. The summed E-state index contributed by atoms with van der Waals surface area (Å²) in [5.41, 5.74) is 7.26. The third-order valence-electron chi connectivity index (χ3n) is 6.24. The fraction of sp³-hybridized carbons (Fsp3) is 0.435. The van der Waals surface area contributed by atoms with E-state index in [-0.39, 0.29) is 12.4 Å². The molecule has 0 amide bonds. The molecule has 1 aromatic carbocycles. The molecule has 1 aliphatic carbocycles. The number of benzene rings is 1. The predicted molar refractivity (Wildman–Crippen MR) is 115 cm³/mol. The normalized spacial score (nSPS) is 16.3. The van der Waals surface area contributed by atoms with Crippen molar-refractivity contribution >= 4 is 29.1 Å². The average molecular weight is 382 g/mol. The number of hydrogen-bond donors (Lipinski definition) is 0. The van der Waals surface area contributed by atoms with Gasteiger partial charge in [0.05, 0.1) is 5.52 Å². The molecule has 0 spiro atoms. The van der Waals surface area contributed by atoms with Crippen molar-refractivity contribution in [3.63, 3.8) is 0 Å². The molecule has 27 heavy (non-hydrogen) atoms. The van der Waals surface area contributed by atoms with Crippen LogP contribution in [0.1, 0.15) is 42.1 Å². The lowest BCUT2D eigenvalue weighted by Crippen LogP contribution is -2.31. The Morgan fingerprint density at radius 3 is 2.63 bits per heavy atom. The van der Waals surface area contributed by atoms with Crippen LogP contribution in [0.25, 0.3) is 10.9 Å². The molecular formula is C23H28ClN3. The number of anilines is 1. The van der Waals surface area contributed by atoms with E-state index in [0.717, 1.165) is 38.4 Å². The van der Waals surface area contributed by atoms with Crippen LogP contribution in [0.3, 0.4) is 0 Å². The van der Waals surface area contributed by atoms with E-state index in [0.29, 0.717) is 0 Å². The number of rotatable bonds is 4. The van der Waals surface area contributed by atoms with Crippen LogP contribution in [0, 0.1) is 12.8 Å². The van der Waals surface area contributed by atoms with Crippen molar-refractivity contribution in [3.05, 3.63) is 58.9 Å². The highest BCUT2D eigenvalue weighted by atomic mass is 35.5. The van der Waals surface area contributed by atoms with Crippen molar-refractivity contribution in [2.45, 2.75) is 52.6 Å². The van der Waals surface area contributed by atoms with Gasteiger partial charge in [0.15, 0.2) is 5.82 Å². The molecule has 5 rings (SSSR count). The third kappa shape index (κ3) is 3.12. The maximum atomic E-state index is 4.89. The van der Waals surface area contributed by atoms with Gasteiger partial charge < -0.3 is 9.47 Å². The number of aromatic nitrogens is 2. The zero-order chi connectivity index (χ0) is 17.7. The molecule has 0 atom stereocenters. The van der Waals surface area contributed by atoms with Crippen LogP contribution >= 0.6 is 12.4 Å². The van der Waals surface area contributed by atoms with Crippen LogP contribution in [0.2, 0.25) is 0 Å². The Morgan fingerprint density at radius 1 is 1.11 bits per heavy atom. The molecule has 0 unspecified atom stereocenters. The number of hydrogen-bond acceptors (Lipinski definition) is 2. The Bertz CT molecular complexity index is 971. The Balaban J connectivity index is 0.00000180. The molecule has 1 saturated carbocycles. The molecule has 2 aromatic heterocycles. The lowest BCUT2D eigenvalue weighted by atomic mass is 10.00. The minimum Gasteiger partial charge on any atom is -0.350 e. The summed E-state index contributed by atoms with van der Waals surface area (Å²) in [4.78, 5) is 7.38. The highest BCUT2D eigenvalue weighted by molar-refractivity contribution is 5.93. The molecule has 2 aliphatic rings. The molecule has 0 saturated heterocycles. The molecular weight excluding hydrogens is 354 g/mol. The Labute approximate surface area is 167 Å². The van der Waals surface area contributed by atoms with Crippen LogP contribution in [0.15, 0.2) is 36.5 Å². The zero-order valence-corrected chi connectivity index (χ0v) is 17.1. The summed E-state index contributed by atoms with van der Waals surface area (Å²) in [5, 5.41) is 1.39. The van der Waals surface area contributed by atoms with E-state index in [4.69, 9.17) is 4.98 Å². The van der Waals surface area contributed by atoms with Gasteiger partial charge in [0.1, 0.15) is 0 Å². The highest BCUT2D eigenvalue weighted by Crippen LogP contribution is 2.38. The van der Waals surface area contributed by atoms with Gasteiger partial charge in [0.2, 0.25) is 0 Å². The van der Waals surface area contributed by atoms with E-state index in [1.807, 2.05) is 6.20 Å². The van der Waals surface area contributed by atoms with Crippen LogP contribution in [-0.4, -0.2) is 16.1 Å². The highest BCUT2D eigenvalue weighted by Gasteiger charge is 2.27. The van der Waals surface area contributed by atoms with Gasteiger partial charge in [-0.05, 0) is 61.3 Å². The quantitative estimate of drug-likeness (QED) is 0.611. The first kappa shape index (κ1) is 18.4. The smallest absolute Gasteiger partial charge is 0.153 e. The van der Waals surface area contributed by atoms with Gasteiger partial charge in [0.25, 0.3) is 0 Å². The monoisotopic (exact) mass is 381 g/mol. The van der Waals surface area contributed by atoms with Crippen molar-refractivity contribution in [1.82, 2.24) is 9.55 Å². The number of pyridine rings is 1. The van der Waals surface area contributed by atoms with Crippen molar-refractivity contribution in [2.75, 3.05) is 11.4 Å². The summed E-state index contributed by atoms with van der Waals surface area (Å²) in [6, 6.07) is 11.1. The van der Waals surface area contributed by atoms with Crippen LogP contribution < -0.4 is 4.90 Å². The summed E-state index contributed by atoms with van der Waals surface area (Å²) in [7, 11) is 0. The maximum absolute atomic E-state index is 4.89. The topological polar surface area (TPSA) is 21.1 Å². The number of halogens is 1. The van der Waals surface area contributed by atoms with Gasteiger partial charge >= 0.3 is 0 Å². The van der Waals surface area contributed by atoms with Crippen LogP contribution in [0.4, 0.5) is 5.82 Å². The number of aryl methyl sites for hydroxylation is 1. The lowest BCUT2D eigenvalue weighted by molar-refractivity contribution is 0.619.